The number of ether oxygens (including phenoxy) is 2. The highest BCUT2D eigenvalue weighted by Crippen LogP contribution is 2.30. The monoisotopic (exact) mass is 344 g/mol. The third-order valence-electron chi connectivity index (χ3n) is 3.54. The van der Waals surface area contributed by atoms with E-state index in [1.807, 2.05) is 0 Å². The second-order valence-electron chi connectivity index (χ2n) is 5.04. The lowest BCUT2D eigenvalue weighted by molar-refractivity contribution is -0.385. The van der Waals surface area contributed by atoms with Crippen molar-refractivity contribution < 1.29 is 24.0 Å². The molecule has 0 amide bonds. The lowest BCUT2D eigenvalue weighted by Crippen LogP contribution is -2.27. The second kappa shape index (κ2) is 7.43. The molecule has 0 unspecified atom stereocenters. The fourth-order valence-electron chi connectivity index (χ4n) is 2.36. The van der Waals surface area contributed by atoms with Gasteiger partial charge in [-0.2, -0.15) is 0 Å². The number of carbonyl (C=O) groups is 2. The zero-order chi connectivity index (χ0) is 18.6. The average molecular weight is 344 g/mol. The number of carbonyl (C=O) groups excluding carboxylic acids is 2. The molecule has 1 aromatic carbocycles. The van der Waals surface area contributed by atoms with E-state index in [4.69, 9.17) is 9.47 Å². The summed E-state index contributed by atoms with van der Waals surface area (Å²) in [5.41, 5.74) is 0.794. The molecule has 0 N–H and O–H groups in total. The fourth-order valence-corrected chi connectivity index (χ4v) is 2.36. The summed E-state index contributed by atoms with van der Waals surface area (Å²) in [6, 6.07) is 4.37. The van der Waals surface area contributed by atoms with E-state index in [-0.39, 0.29) is 17.0 Å². The van der Waals surface area contributed by atoms with Crippen molar-refractivity contribution >= 4 is 23.3 Å². The van der Waals surface area contributed by atoms with Gasteiger partial charge in [-0.15, -0.1) is 0 Å². The number of hydrogen-bond acceptors (Lipinski definition) is 7. The highest BCUT2D eigenvalue weighted by molar-refractivity contribution is 6.05. The smallest absolute Gasteiger partial charge is 0.355 e. The van der Waals surface area contributed by atoms with Gasteiger partial charge in [0, 0.05) is 23.5 Å². The first-order valence-corrected chi connectivity index (χ1v) is 7.20. The first kappa shape index (κ1) is 17.9. The molecule has 0 aliphatic carbocycles. The maximum atomic E-state index is 12.3. The van der Waals surface area contributed by atoms with Crippen molar-refractivity contribution in [1.29, 1.82) is 0 Å². The van der Waals surface area contributed by atoms with Gasteiger partial charge in [0.15, 0.2) is 0 Å². The molecule has 8 nitrogen and oxygen atoms in total. The van der Waals surface area contributed by atoms with Crippen LogP contribution in [0.2, 0.25) is 0 Å². The van der Waals surface area contributed by atoms with Crippen molar-refractivity contribution in [2.45, 2.75) is 6.92 Å². The van der Waals surface area contributed by atoms with Crippen LogP contribution in [0.25, 0.3) is 0 Å². The number of esters is 2. The number of aryl methyl sites for hydroxylation is 1. The van der Waals surface area contributed by atoms with Gasteiger partial charge < -0.3 is 14.4 Å². The number of nitro groups is 1. The molecular weight excluding hydrogens is 328 g/mol. The van der Waals surface area contributed by atoms with Crippen molar-refractivity contribution in [3.63, 3.8) is 0 Å². The topological polar surface area (TPSA) is 99.0 Å². The van der Waals surface area contributed by atoms with Crippen LogP contribution in [0.15, 0.2) is 53.9 Å². The molecule has 1 aliphatic rings. The molecular formula is C17H16N2O6. The van der Waals surface area contributed by atoms with Gasteiger partial charge in [-0.3, -0.25) is 10.1 Å². The van der Waals surface area contributed by atoms with Crippen LogP contribution in [0.1, 0.15) is 5.56 Å². The maximum absolute atomic E-state index is 12.3. The van der Waals surface area contributed by atoms with Gasteiger partial charge in [-0.25, -0.2) is 9.59 Å². The lowest BCUT2D eigenvalue weighted by Gasteiger charge is -2.23. The molecule has 8 heteroatoms. The highest BCUT2D eigenvalue weighted by atomic mass is 16.6. The Morgan fingerprint density at radius 2 is 1.80 bits per heavy atom. The molecule has 0 atom stereocenters. The van der Waals surface area contributed by atoms with Gasteiger partial charge in [0.2, 0.25) is 0 Å². The van der Waals surface area contributed by atoms with Crippen LogP contribution in [-0.4, -0.2) is 31.1 Å². The molecule has 0 radical (unpaired) electrons. The summed E-state index contributed by atoms with van der Waals surface area (Å²) in [5, 5.41) is 11.0. The number of rotatable bonds is 4. The van der Waals surface area contributed by atoms with E-state index in [0.29, 0.717) is 11.3 Å². The third kappa shape index (κ3) is 3.57. The van der Waals surface area contributed by atoms with E-state index in [1.54, 1.807) is 31.3 Å². The van der Waals surface area contributed by atoms with Gasteiger partial charge >= 0.3 is 11.9 Å². The molecule has 1 aromatic rings. The van der Waals surface area contributed by atoms with Crippen LogP contribution in [0.4, 0.5) is 11.4 Å². The van der Waals surface area contributed by atoms with Crippen LogP contribution < -0.4 is 4.90 Å². The Labute approximate surface area is 143 Å². The van der Waals surface area contributed by atoms with E-state index < -0.39 is 16.9 Å². The van der Waals surface area contributed by atoms with Gasteiger partial charge in [-0.05, 0) is 31.2 Å². The molecule has 1 aliphatic heterocycles. The first-order chi connectivity index (χ1) is 11.9. The van der Waals surface area contributed by atoms with Crippen LogP contribution in [0, 0.1) is 17.0 Å². The Balaban J connectivity index is 2.64. The summed E-state index contributed by atoms with van der Waals surface area (Å²) in [7, 11) is 2.40. The SMILES string of the molecule is COC(=O)C1=C(C(=O)OC)N(c2ccc([N+](=O)[O-])c(C)c2)C=CC=C1. The van der Waals surface area contributed by atoms with Gasteiger partial charge in [0.1, 0.15) is 5.70 Å². The summed E-state index contributed by atoms with van der Waals surface area (Å²) in [6.45, 7) is 1.59. The largest absolute Gasteiger partial charge is 0.465 e. The van der Waals surface area contributed by atoms with Crippen LogP contribution >= 0.6 is 0 Å². The summed E-state index contributed by atoms with van der Waals surface area (Å²) < 4.78 is 9.52. The molecule has 0 fully saturated rings. The number of anilines is 1. The predicted molar refractivity (Wildman–Crippen MR) is 89.7 cm³/mol. The molecule has 2 rings (SSSR count). The van der Waals surface area contributed by atoms with Crippen molar-refractivity contribution in [2.75, 3.05) is 19.1 Å². The number of allylic oxidation sites excluding steroid dienone is 2. The minimum Gasteiger partial charge on any atom is -0.465 e. The third-order valence-corrected chi connectivity index (χ3v) is 3.54. The number of methoxy groups -OCH3 is 2. The molecule has 0 bridgehead atoms. The second-order valence-corrected chi connectivity index (χ2v) is 5.04. The van der Waals surface area contributed by atoms with E-state index in [0.717, 1.165) is 0 Å². The average Bonchev–Trinajstić information content (AvgIpc) is 2.82. The molecule has 0 spiro atoms. The Morgan fingerprint density at radius 1 is 1.12 bits per heavy atom. The first-order valence-electron chi connectivity index (χ1n) is 7.20. The molecule has 0 saturated carbocycles. The molecule has 25 heavy (non-hydrogen) atoms. The molecule has 1 heterocycles. The number of nitro benzene ring substituents is 1. The van der Waals surface area contributed by atoms with E-state index in [1.165, 1.54) is 37.3 Å². The van der Waals surface area contributed by atoms with Crippen molar-refractivity contribution in [3.8, 4) is 0 Å². The quantitative estimate of drug-likeness (QED) is 0.470. The van der Waals surface area contributed by atoms with E-state index >= 15 is 0 Å². The Hall–Kier alpha value is -3.42. The Bertz CT molecular complexity index is 822. The van der Waals surface area contributed by atoms with Crippen molar-refractivity contribution in [2.24, 2.45) is 0 Å². The predicted octanol–water partition coefficient (Wildman–Crippen LogP) is 2.39. The van der Waals surface area contributed by atoms with Gasteiger partial charge in [0.25, 0.3) is 5.69 Å². The summed E-state index contributed by atoms with van der Waals surface area (Å²) in [6.07, 6.45) is 6.19. The van der Waals surface area contributed by atoms with Gasteiger partial charge in [0.05, 0.1) is 24.7 Å². The highest BCUT2D eigenvalue weighted by Gasteiger charge is 2.28. The number of benzene rings is 1. The van der Waals surface area contributed by atoms with Crippen LogP contribution in [0.3, 0.4) is 0 Å². The van der Waals surface area contributed by atoms with E-state index in [9.17, 15) is 19.7 Å². The molecule has 0 aromatic heterocycles. The normalized spacial score (nSPS) is 13.5. The minimum atomic E-state index is -0.743. The zero-order valence-electron chi connectivity index (χ0n) is 13.9. The zero-order valence-corrected chi connectivity index (χ0v) is 13.9. The summed E-state index contributed by atoms with van der Waals surface area (Å²) in [4.78, 5) is 36.3. The van der Waals surface area contributed by atoms with Crippen LogP contribution in [-0.2, 0) is 19.1 Å². The maximum Gasteiger partial charge on any atom is 0.355 e. The fraction of sp³-hybridized carbons (Fsp3) is 0.176. The van der Waals surface area contributed by atoms with Gasteiger partial charge in [-0.1, -0.05) is 6.08 Å². The summed E-state index contributed by atoms with van der Waals surface area (Å²) in [5.74, 6) is -1.45. The van der Waals surface area contributed by atoms with Crippen LogP contribution in [0.5, 0.6) is 0 Å². The van der Waals surface area contributed by atoms with Crippen molar-refractivity contribution in [3.05, 3.63) is 69.6 Å². The van der Waals surface area contributed by atoms with E-state index in [2.05, 4.69) is 0 Å². The standard InChI is InChI=1S/C17H16N2O6/c1-11-10-12(7-8-14(11)19(22)23)18-9-5-4-6-13(16(20)24-2)15(18)17(21)25-3/h4-10H,1-3H3. The lowest BCUT2D eigenvalue weighted by atomic mass is 10.1. The number of hydrogen-bond donors (Lipinski definition) is 0. The summed E-state index contributed by atoms with van der Waals surface area (Å²) >= 11 is 0. The van der Waals surface area contributed by atoms with Crippen molar-refractivity contribution in [1.82, 2.24) is 0 Å². The molecule has 0 saturated heterocycles. The number of nitrogens with zero attached hydrogens (tertiary/aromatic N) is 2. The minimum absolute atomic E-state index is 0.00959. The Kier molecular flexibility index (Phi) is 5.33. The Morgan fingerprint density at radius 3 is 2.36 bits per heavy atom. The molecule has 130 valence electrons.